The first-order chi connectivity index (χ1) is 9.38. The van der Waals surface area contributed by atoms with E-state index in [0.717, 1.165) is 36.6 Å². The van der Waals surface area contributed by atoms with Crippen LogP contribution in [-0.4, -0.2) is 18.6 Å². The predicted molar refractivity (Wildman–Crippen MR) is 79.6 cm³/mol. The summed E-state index contributed by atoms with van der Waals surface area (Å²) in [6.07, 6.45) is 3.76. The topological polar surface area (TPSA) is 38.1 Å². The van der Waals surface area contributed by atoms with E-state index in [-0.39, 0.29) is 0 Å². The van der Waals surface area contributed by atoms with Gasteiger partial charge in [0.15, 0.2) is 11.7 Å². The Hall–Kier alpha value is -1.65. The number of aromatic nitrogens is 1. The van der Waals surface area contributed by atoms with Crippen molar-refractivity contribution in [2.45, 2.75) is 12.8 Å². The van der Waals surface area contributed by atoms with Crippen molar-refractivity contribution in [1.82, 2.24) is 10.3 Å². The normalized spacial score (nSPS) is 11.2. The van der Waals surface area contributed by atoms with E-state index in [1.807, 2.05) is 13.2 Å². The Morgan fingerprint density at radius 3 is 3.11 bits per heavy atom. The van der Waals surface area contributed by atoms with Gasteiger partial charge in [0.05, 0.1) is 6.20 Å². The number of hydrogen-bond donors (Lipinski definition) is 1. The average Bonchev–Trinajstić information content (AvgIpc) is 3.05. The fourth-order valence-electron chi connectivity index (χ4n) is 2.14. The van der Waals surface area contributed by atoms with Gasteiger partial charge in [-0.3, -0.25) is 0 Å². The van der Waals surface area contributed by atoms with Gasteiger partial charge in [-0.05, 0) is 26.1 Å². The Morgan fingerprint density at radius 2 is 2.21 bits per heavy atom. The van der Waals surface area contributed by atoms with E-state index in [9.17, 15) is 0 Å². The molecule has 0 aliphatic rings. The summed E-state index contributed by atoms with van der Waals surface area (Å²) in [7, 11) is 1.96. The highest BCUT2D eigenvalue weighted by Gasteiger charge is 2.11. The molecule has 0 radical (unpaired) electrons. The minimum absolute atomic E-state index is 0.820. The first-order valence-corrected chi connectivity index (χ1v) is 7.32. The zero-order chi connectivity index (χ0) is 13.1. The van der Waals surface area contributed by atoms with Crippen molar-refractivity contribution in [3.63, 3.8) is 0 Å². The quantitative estimate of drug-likeness (QED) is 0.720. The molecule has 2 heterocycles. The molecule has 0 unspecified atom stereocenters. The lowest BCUT2D eigenvalue weighted by Crippen LogP contribution is -2.08. The van der Waals surface area contributed by atoms with Gasteiger partial charge in [-0.15, -0.1) is 11.3 Å². The van der Waals surface area contributed by atoms with Gasteiger partial charge in [0.1, 0.15) is 0 Å². The van der Waals surface area contributed by atoms with Crippen LogP contribution in [0.3, 0.4) is 0 Å². The summed E-state index contributed by atoms with van der Waals surface area (Å²) in [5, 5.41) is 6.51. The number of rotatable bonds is 5. The Labute approximate surface area is 116 Å². The van der Waals surface area contributed by atoms with Crippen LogP contribution in [0.1, 0.15) is 12.3 Å². The zero-order valence-corrected chi connectivity index (χ0v) is 11.7. The van der Waals surface area contributed by atoms with Gasteiger partial charge in [-0.2, -0.15) is 0 Å². The van der Waals surface area contributed by atoms with Crippen LogP contribution >= 0.6 is 11.3 Å². The molecule has 0 amide bonds. The Balaban J connectivity index is 1.86. The first-order valence-electron chi connectivity index (χ1n) is 6.44. The van der Waals surface area contributed by atoms with Gasteiger partial charge in [-0.1, -0.05) is 18.2 Å². The molecule has 3 rings (SSSR count). The molecule has 3 aromatic rings. The number of benzene rings is 1. The number of nitrogens with one attached hydrogen (secondary N) is 1. The number of fused-ring (bicyclic) bond motifs is 1. The van der Waals surface area contributed by atoms with Gasteiger partial charge in [-0.25, -0.2) is 4.98 Å². The number of thiophene rings is 1. The van der Waals surface area contributed by atoms with Gasteiger partial charge in [0, 0.05) is 27.5 Å². The standard InChI is InChI=1S/C15H16N2OS/c1-16-8-4-7-15-17-9-13(18-15)12-10-19-14-6-3-2-5-11(12)14/h2-3,5-6,9-10,16H,4,7-8H2,1H3. The van der Waals surface area contributed by atoms with Crippen LogP contribution < -0.4 is 5.32 Å². The minimum atomic E-state index is 0.820. The molecule has 0 bridgehead atoms. The van der Waals surface area contributed by atoms with Crippen molar-refractivity contribution in [1.29, 1.82) is 0 Å². The molecule has 0 saturated heterocycles. The van der Waals surface area contributed by atoms with E-state index >= 15 is 0 Å². The van der Waals surface area contributed by atoms with Crippen LogP contribution in [0.5, 0.6) is 0 Å². The van der Waals surface area contributed by atoms with Crippen molar-refractivity contribution in [3.05, 3.63) is 41.7 Å². The van der Waals surface area contributed by atoms with E-state index in [1.54, 1.807) is 11.3 Å². The van der Waals surface area contributed by atoms with Crippen LogP contribution in [0.15, 0.2) is 40.3 Å². The Bertz CT molecular complexity index is 671. The van der Waals surface area contributed by atoms with Crippen molar-refractivity contribution in [2.75, 3.05) is 13.6 Å². The van der Waals surface area contributed by atoms with Crippen molar-refractivity contribution in [2.24, 2.45) is 0 Å². The van der Waals surface area contributed by atoms with Crippen LogP contribution in [0.25, 0.3) is 21.4 Å². The maximum Gasteiger partial charge on any atom is 0.194 e. The minimum Gasteiger partial charge on any atom is -0.441 e. The molecule has 3 nitrogen and oxygen atoms in total. The van der Waals surface area contributed by atoms with Crippen LogP contribution in [0, 0.1) is 0 Å². The lowest BCUT2D eigenvalue weighted by atomic mass is 10.1. The highest BCUT2D eigenvalue weighted by atomic mass is 32.1. The Morgan fingerprint density at radius 1 is 1.32 bits per heavy atom. The Kier molecular flexibility index (Phi) is 3.62. The molecular formula is C15H16N2OS. The SMILES string of the molecule is CNCCCc1ncc(-c2csc3ccccc23)o1. The molecule has 0 spiro atoms. The molecule has 4 heteroatoms. The summed E-state index contributed by atoms with van der Waals surface area (Å²) in [5.41, 5.74) is 1.15. The van der Waals surface area contributed by atoms with Gasteiger partial charge in [0.2, 0.25) is 0 Å². The van der Waals surface area contributed by atoms with Gasteiger partial charge >= 0.3 is 0 Å². The molecule has 0 fully saturated rings. The third-order valence-electron chi connectivity index (χ3n) is 3.12. The highest BCUT2D eigenvalue weighted by Crippen LogP contribution is 2.34. The molecule has 2 aromatic heterocycles. The second-order valence-electron chi connectivity index (χ2n) is 4.47. The summed E-state index contributed by atoms with van der Waals surface area (Å²) in [4.78, 5) is 4.36. The second kappa shape index (κ2) is 5.55. The van der Waals surface area contributed by atoms with Crippen LogP contribution in [0.2, 0.25) is 0 Å². The maximum atomic E-state index is 5.85. The van der Waals surface area contributed by atoms with E-state index in [2.05, 4.69) is 39.9 Å². The number of oxazole rings is 1. The van der Waals surface area contributed by atoms with E-state index < -0.39 is 0 Å². The van der Waals surface area contributed by atoms with Gasteiger partial charge in [0.25, 0.3) is 0 Å². The molecular weight excluding hydrogens is 256 g/mol. The molecule has 0 aliphatic heterocycles. The summed E-state index contributed by atoms with van der Waals surface area (Å²) in [6, 6.07) is 8.38. The second-order valence-corrected chi connectivity index (χ2v) is 5.38. The van der Waals surface area contributed by atoms with Crippen LogP contribution in [0.4, 0.5) is 0 Å². The molecule has 1 aromatic carbocycles. The molecule has 98 valence electrons. The largest absolute Gasteiger partial charge is 0.441 e. The lowest BCUT2D eigenvalue weighted by molar-refractivity contribution is 0.496. The molecule has 0 atom stereocenters. The summed E-state index contributed by atoms with van der Waals surface area (Å²) in [6.45, 7) is 0.985. The van der Waals surface area contributed by atoms with Crippen molar-refractivity contribution < 1.29 is 4.42 Å². The third-order valence-corrected chi connectivity index (χ3v) is 4.08. The number of nitrogens with zero attached hydrogens (tertiary/aromatic N) is 1. The molecule has 19 heavy (non-hydrogen) atoms. The third kappa shape index (κ3) is 2.55. The zero-order valence-electron chi connectivity index (χ0n) is 10.8. The first kappa shape index (κ1) is 12.4. The fraction of sp³-hybridized carbons (Fsp3) is 0.267. The molecule has 1 N–H and O–H groups in total. The van der Waals surface area contributed by atoms with E-state index in [1.165, 1.54) is 10.1 Å². The number of aryl methyl sites for hydroxylation is 1. The predicted octanol–water partition coefficient (Wildman–Crippen LogP) is 3.71. The number of hydrogen-bond acceptors (Lipinski definition) is 4. The smallest absolute Gasteiger partial charge is 0.194 e. The monoisotopic (exact) mass is 272 g/mol. The van der Waals surface area contributed by atoms with Gasteiger partial charge < -0.3 is 9.73 Å². The van der Waals surface area contributed by atoms with E-state index in [4.69, 9.17) is 4.42 Å². The van der Waals surface area contributed by atoms with Crippen LogP contribution in [-0.2, 0) is 6.42 Å². The molecule has 0 aliphatic carbocycles. The lowest BCUT2D eigenvalue weighted by Gasteiger charge is -1.96. The highest BCUT2D eigenvalue weighted by molar-refractivity contribution is 7.17. The summed E-state index contributed by atoms with van der Waals surface area (Å²) >= 11 is 1.74. The van der Waals surface area contributed by atoms with Crippen molar-refractivity contribution >= 4 is 21.4 Å². The summed E-state index contributed by atoms with van der Waals surface area (Å²) in [5.74, 6) is 1.69. The maximum absolute atomic E-state index is 5.85. The fourth-order valence-corrected chi connectivity index (χ4v) is 3.09. The average molecular weight is 272 g/mol. The summed E-state index contributed by atoms with van der Waals surface area (Å²) < 4.78 is 7.13. The molecule has 0 saturated carbocycles. The van der Waals surface area contributed by atoms with E-state index in [0.29, 0.717) is 0 Å². The van der Waals surface area contributed by atoms with Crippen molar-refractivity contribution in [3.8, 4) is 11.3 Å².